The first-order chi connectivity index (χ1) is 7.67. The molecule has 0 saturated carbocycles. The molecule has 0 spiro atoms. The van der Waals surface area contributed by atoms with Crippen LogP contribution in [-0.4, -0.2) is 24.5 Å². The van der Waals surface area contributed by atoms with Gasteiger partial charge in [-0.3, -0.25) is 0 Å². The number of likely N-dealkylation sites (N-methyl/N-ethyl adjacent to an activating group) is 1. The van der Waals surface area contributed by atoms with Crippen LogP contribution in [0.1, 0.15) is 38.1 Å². The molecule has 3 heteroatoms. The van der Waals surface area contributed by atoms with Crippen LogP contribution < -0.4 is 5.73 Å². The van der Waals surface area contributed by atoms with E-state index in [4.69, 9.17) is 5.73 Å². The molecule has 1 rings (SSSR count). The molecular formula is C13H24N2S. The highest BCUT2D eigenvalue weighted by atomic mass is 32.1. The van der Waals surface area contributed by atoms with Crippen LogP contribution in [0, 0.1) is 5.92 Å². The number of rotatable bonds is 7. The van der Waals surface area contributed by atoms with Crippen molar-refractivity contribution in [3.8, 4) is 0 Å². The van der Waals surface area contributed by atoms with E-state index < -0.39 is 0 Å². The summed E-state index contributed by atoms with van der Waals surface area (Å²) in [5, 5.41) is 2.10. The van der Waals surface area contributed by atoms with Gasteiger partial charge < -0.3 is 10.6 Å². The van der Waals surface area contributed by atoms with Gasteiger partial charge in [0.05, 0.1) is 6.04 Å². The molecule has 1 heterocycles. The Morgan fingerprint density at radius 1 is 1.38 bits per heavy atom. The summed E-state index contributed by atoms with van der Waals surface area (Å²) in [4.78, 5) is 3.75. The summed E-state index contributed by atoms with van der Waals surface area (Å²) in [6, 6.07) is 4.38. The molecule has 0 aromatic carbocycles. The fraction of sp³-hybridized carbons (Fsp3) is 0.692. The van der Waals surface area contributed by atoms with Crippen LogP contribution in [-0.2, 0) is 0 Å². The van der Waals surface area contributed by atoms with Gasteiger partial charge in [-0.05, 0) is 23.9 Å². The van der Waals surface area contributed by atoms with Crippen molar-refractivity contribution >= 4 is 11.3 Å². The Morgan fingerprint density at radius 2 is 2.12 bits per heavy atom. The van der Waals surface area contributed by atoms with E-state index in [-0.39, 0.29) is 6.04 Å². The number of hydrogen-bond donors (Lipinski definition) is 1. The first-order valence-electron chi connectivity index (χ1n) is 6.18. The van der Waals surface area contributed by atoms with Crippen molar-refractivity contribution in [3.05, 3.63) is 22.4 Å². The second-order valence-electron chi connectivity index (χ2n) is 4.49. The minimum atomic E-state index is 0.170. The van der Waals surface area contributed by atoms with E-state index in [0.717, 1.165) is 25.6 Å². The lowest BCUT2D eigenvalue weighted by atomic mass is 10.1. The average molecular weight is 240 g/mol. The molecule has 0 bridgehead atoms. The summed E-state index contributed by atoms with van der Waals surface area (Å²) >= 11 is 1.76. The predicted octanol–water partition coefficient (Wildman–Crippen LogP) is 3.12. The molecule has 0 amide bonds. The fourth-order valence-electron chi connectivity index (χ4n) is 1.77. The highest BCUT2D eigenvalue weighted by Crippen LogP contribution is 2.18. The maximum Gasteiger partial charge on any atom is 0.0519 e. The molecule has 0 fully saturated rings. The van der Waals surface area contributed by atoms with E-state index in [9.17, 15) is 0 Å². The molecule has 0 aliphatic carbocycles. The molecular weight excluding hydrogens is 216 g/mol. The van der Waals surface area contributed by atoms with Crippen molar-refractivity contribution < 1.29 is 0 Å². The minimum Gasteiger partial charge on any atom is -0.322 e. The molecule has 16 heavy (non-hydrogen) atoms. The van der Waals surface area contributed by atoms with Gasteiger partial charge in [0.2, 0.25) is 0 Å². The smallest absolute Gasteiger partial charge is 0.0519 e. The second-order valence-corrected chi connectivity index (χ2v) is 5.47. The minimum absolute atomic E-state index is 0.170. The molecule has 0 aliphatic heterocycles. The standard InChI is InChI=1S/C13H24N2S/c1-4-11(3)9-15(5-2)10-12(14)13-7-6-8-16-13/h6-8,11-12H,4-5,9-10,14H2,1-3H3. The maximum absolute atomic E-state index is 6.20. The molecule has 2 atom stereocenters. The summed E-state index contributed by atoms with van der Waals surface area (Å²) in [5.74, 6) is 0.760. The predicted molar refractivity (Wildman–Crippen MR) is 72.8 cm³/mol. The summed E-state index contributed by atoms with van der Waals surface area (Å²) in [7, 11) is 0. The number of hydrogen-bond acceptors (Lipinski definition) is 3. The third kappa shape index (κ3) is 4.24. The molecule has 92 valence electrons. The maximum atomic E-state index is 6.20. The Hall–Kier alpha value is -0.380. The van der Waals surface area contributed by atoms with Gasteiger partial charge in [0.25, 0.3) is 0 Å². The number of nitrogens with zero attached hydrogens (tertiary/aromatic N) is 1. The zero-order valence-corrected chi connectivity index (χ0v) is 11.5. The first kappa shape index (κ1) is 13.7. The van der Waals surface area contributed by atoms with E-state index >= 15 is 0 Å². The molecule has 2 nitrogen and oxygen atoms in total. The topological polar surface area (TPSA) is 29.3 Å². The Labute approximate surface area is 103 Å². The fourth-order valence-corrected chi connectivity index (χ4v) is 2.49. The number of nitrogens with two attached hydrogens (primary N) is 1. The largest absolute Gasteiger partial charge is 0.322 e. The third-order valence-electron chi connectivity index (χ3n) is 3.08. The molecule has 2 unspecified atom stereocenters. The van der Waals surface area contributed by atoms with Crippen molar-refractivity contribution in [2.45, 2.75) is 33.2 Å². The number of thiophene rings is 1. The van der Waals surface area contributed by atoms with E-state index in [1.54, 1.807) is 11.3 Å². The molecule has 2 N–H and O–H groups in total. The van der Waals surface area contributed by atoms with Crippen molar-refractivity contribution in [1.29, 1.82) is 0 Å². The Kier molecular flexibility index (Phi) is 6.03. The van der Waals surface area contributed by atoms with Gasteiger partial charge in [-0.15, -0.1) is 11.3 Å². The summed E-state index contributed by atoms with van der Waals surface area (Å²) in [6.07, 6.45) is 1.24. The Balaban J connectivity index is 2.43. The van der Waals surface area contributed by atoms with Crippen LogP contribution in [0.15, 0.2) is 17.5 Å². The molecule has 1 aromatic rings. The van der Waals surface area contributed by atoms with Gasteiger partial charge in [0.15, 0.2) is 0 Å². The Morgan fingerprint density at radius 3 is 2.62 bits per heavy atom. The van der Waals surface area contributed by atoms with Gasteiger partial charge in [-0.2, -0.15) is 0 Å². The van der Waals surface area contributed by atoms with Gasteiger partial charge >= 0.3 is 0 Å². The van der Waals surface area contributed by atoms with Gasteiger partial charge in [-0.25, -0.2) is 0 Å². The lowest BCUT2D eigenvalue weighted by molar-refractivity contribution is 0.233. The SMILES string of the molecule is CCC(C)CN(CC)CC(N)c1cccs1. The van der Waals surface area contributed by atoms with Crippen molar-refractivity contribution in [1.82, 2.24) is 4.90 Å². The Bertz CT molecular complexity index is 271. The summed E-state index contributed by atoms with van der Waals surface area (Å²) in [6.45, 7) is 9.98. The van der Waals surface area contributed by atoms with Crippen LogP contribution in [0.5, 0.6) is 0 Å². The molecule has 0 radical (unpaired) electrons. The zero-order valence-electron chi connectivity index (χ0n) is 10.6. The normalized spacial score (nSPS) is 15.3. The molecule has 1 aromatic heterocycles. The monoisotopic (exact) mass is 240 g/mol. The second kappa shape index (κ2) is 7.05. The lowest BCUT2D eigenvalue weighted by Gasteiger charge is -2.26. The van der Waals surface area contributed by atoms with Crippen LogP contribution in [0.4, 0.5) is 0 Å². The lowest BCUT2D eigenvalue weighted by Crippen LogP contribution is -2.34. The van der Waals surface area contributed by atoms with E-state index in [0.29, 0.717) is 0 Å². The summed E-state index contributed by atoms with van der Waals surface area (Å²) in [5.41, 5.74) is 6.20. The van der Waals surface area contributed by atoms with Crippen LogP contribution >= 0.6 is 11.3 Å². The van der Waals surface area contributed by atoms with Crippen LogP contribution in [0.25, 0.3) is 0 Å². The average Bonchev–Trinajstić information content (AvgIpc) is 2.81. The van der Waals surface area contributed by atoms with Crippen molar-refractivity contribution in [2.24, 2.45) is 11.7 Å². The summed E-state index contributed by atoms with van der Waals surface area (Å²) < 4.78 is 0. The van der Waals surface area contributed by atoms with Gasteiger partial charge in [-0.1, -0.05) is 33.3 Å². The van der Waals surface area contributed by atoms with E-state index in [2.05, 4.69) is 43.2 Å². The van der Waals surface area contributed by atoms with Crippen molar-refractivity contribution in [2.75, 3.05) is 19.6 Å². The van der Waals surface area contributed by atoms with Gasteiger partial charge in [0.1, 0.15) is 0 Å². The highest BCUT2D eigenvalue weighted by molar-refractivity contribution is 7.10. The van der Waals surface area contributed by atoms with Gasteiger partial charge in [0, 0.05) is 18.0 Å². The van der Waals surface area contributed by atoms with Crippen molar-refractivity contribution in [3.63, 3.8) is 0 Å². The molecule has 0 saturated heterocycles. The van der Waals surface area contributed by atoms with Crippen LogP contribution in [0.3, 0.4) is 0 Å². The quantitative estimate of drug-likeness (QED) is 0.793. The zero-order chi connectivity index (χ0) is 12.0. The highest BCUT2D eigenvalue weighted by Gasteiger charge is 2.13. The van der Waals surface area contributed by atoms with E-state index in [1.165, 1.54) is 11.3 Å². The first-order valence-corrected chi connectivity index (χ1v) is 7.06. The molecule has 0 aliphatic rings. The third-order valence-corrected chi connectivity index (χ3v) is 4.08. The van der Waals surface area contributed by atoms with E-state index in [1.807, 2.05) is 0 Å². The van der Waals surface area contributed by atoms with Crippen LogP contribution in [0.2, 0.25) is 0 Å².